The van der Waals surface area contributed by atoms with E-state index in [-0.39, 0.29) is 16.7 Å². The van der Waals surface area contributed by atoms with Gasteiger partial charge < -0.3 is 9.40 Å². The molecule has 1 aromatic carbocycles. The van der Waals surface area contributed by atoms with Crippen molar-refractivity contribution in [3.8, 4) is 0 Å². The van der Waals surface area contributed by atoms with E-state index in [4.69, 9.17) is 4.42 Å². The standard InChI is InChI=1S/C16H11F3N2O3S/c1-8-2-3-11-9(4-8)5-12(24-11)10(22)7-25-15-20-13(16(17,18)19)6-14(23)21-15/h2-6H,7H2,1H3,(H,20,21,23). The summed E-state index contributed by atoms with van der Waals surface area (Å²) in [6.07, 6.45) is -4.73. The van der Waals surface area contributed by atoms with E-state index >= 15 is 0 Å². The molecule has 0 aliphatic rings. The van der Waals surface area contributed by atoms with Crippen molar-refractivity contribution >= 4 is 28.5 Å². The number of H-pyrrole nitrogens is 1. The summed E-state index contributed by atoms with van der Waals surface area (Å²) in [6.45, 7) is 1.90. The van der Waals surface area contributed by atoms with Crippen LogP contribution in [0.4, 0.5) is 13.2 Å². The molecule has 130 valence electrons. The molecule has 0 saturated carbocycles. The van der Waals surface area contributed by atoms with Crippen molar-refractivity contribution in [1.29, 1.82) is 0 Å². The summed E-state index contributed by atoms with van der Waals surface area (Å²) in [5, 5.41) is 0.485. The number of furan rings is 1. The van der Waals surface area contributed by atoms with Crippen molar-refractivity contribution < 1.29 is 22.4 Å². The molecule has 0 radical (unpaired) electrons. The van der Waals surface area contributed by atoms with Gasteiger partial charge in [0, 0.05) is 11.5 Å². The fourth-order valence-corrected chi connectivity index (χ4v) is 2.90. The SMILES string of the molecule is Cc1ccc2oc(C(=O)CSc3nc(C(F)(F)F)cc(=O)[nH]3)cc2c1. The number of fused-ring (bicyclic) bond motifs is 1. The Morgan fingerprint density at radius 3 is 2.76 bits per heavy atom. The van der Waals surface area contributed by atoms with Crippen LogP contribution in [0.5, 0.6) is 0 Å². The number of hydrogen-bond acceptors (Lipinski definition) is 5. The number of thioether (sulfide) groups is 1. The molecule has 0 fully saturated rings. The maximum Gasteiger partial charge on any atom is 0.433 e. The highest BCUT2D eigenvalue weighted by Crippen LogP contribution is 2.28. The average molecular weight is 368 g/mol. The molecule has 2 aromatic heterocycles. The van der Waals surface area contributed by atoms with Crippen LogP contribution in [0, 0.1) is 6.92 Å². The van der Waals surface area contributed by atoms with Gasteiger partial charge in [-0.2, -0.15) is 13.2 Å². The number of rotatable bonds is 4. The smallest absolute Gasteiger partial charge is 0.433 e. The monoisotopic (exact) mass is 368 g/mol. The number of Topliss-reactive ketones (excluding diaryl/α,β-unsaturated/α-hetero) is 1. The van der Waals surface area contributed by atoms with Gasteiger partial charge in [0.15, 0.2) is 16.6 Å². The zero-order chi connectivity index (χ0) is 18.2. The molecule has 0 bridgehead atoms. The molecule has 0 aliphatic carbocycles. The van der Waals surface area contributed by atoms with Crippen LogP contribution < -0.4 is 5.56 Å². The Hall–Kier alpha value is -2.55. The van der Waals surface area contributed by atoms with E-state index in [1.54, 1.807) is 12.1 Å². The second-order valence-corrected chi connectivity index (χ2v) is 6.26. The molecule has 5 nitrogen and oxygen atoms in total. The van der Waals surface area contributed by atoms with Crippen LogP contribution in [0.2, 0.25) is 0 Å². The summed E-state index contributed by atoms with van der Waals surface area (Å²) in [6, 6.07) is 7.38. The third kappa shape index (κ3) is 3.93. The minimum Gasteiger partial charge on any atom is -0.453 e. The Bertz CT molecular complexity index is 1010. The average Bonchev–Trinajstić information content (AvgIpc) is 2.94. The Morgan fingerprint density at radius 2 is 2.04 bits per heavy atom. The number of carbonyl (C=O) groups is 1. The minimum atomic E-state index is -4.73. The van der Waals surface area contributed by atoms with E-state index in [2.05, 4.69) is 9.97 Å². The maximum absolute atomic E-state index is 12.7. The van der Waals surface area contributed by atoms with Gasteiger partial charge in [-0.25, -0.2) is 4.98 Å². The molecule has 0 saturated heterocycles. The van der Waals surface area contributed by atoms with Gasteiger partial charge in [-0.1, -0.05) is 23.4 Å². The Morgan fingerprint density at radius 1 is 1.28 bits per heavy atom. The lowest BCUT2D eigenvalue weighted by Gasteiger charge is -2.06. The fourth-order valence-electron chi connectivity index (χ4n) is 2.15. The first kappa shape index (κ1) is 17.3. The summed E-state index contributed by atoms with van der Waals surface area (Å²) in [5.74, 6) is -0.537. The first-order chi connectivity index (χ1) is 11.7. The number of aromatic nitrogens is 2. The molecule has 0 aliphatic heterocycles. The van der Waals surface area contributed by atoms with E-state index in [0.717, 1.165) is 10.9 Å². The minimum absolute atomic E-state index is 0.0995. The van der Waals surface area contributed by atoms with Crippen molar-refractivity contribution in [3.05, 3.63) is 57.7 Å². The lowest BCUT2D eigenvalue weighted by molar-refractivity contribution is -0.141. The molecule has 2 heterocycles. The van der Waals surface area contributed by atoms with E-state index in [0.29, 0.717) is 23.4 Å². The first-order valence-corrected chi connectivity index (χ1v) is 8.06. The van der Waals surface area contributed by atoms with Crippen LogP contribution in [0.3, 0.4) is 0 Å². The fraction of sp³-hybridized carbons (Fsp3) is 0.188. The van der Waals surface area contributed by atoms with Crippen molar-refractivity contribution in [1.82, 2.24) is 9.97 Å². The van der Waals surface area contributed by atoms with E-state index in [1.807, 2.05) is 19.1 Å². The molecule has 9 heteroatoms. The molecule has 3 rings (SSSR count). The Kier molecular flexibility index (Phi) is 4.42. The Labute approximate surface area is 143 Å². The zero-order valence-electron chi connectivity index (χ0n) is 12.8. The number of hydrogen-bond donors (Lipinski definition) is 1. The second kappa shape index (κ2) is 6.40. The van der Waals surface area contributed by atoms with Crippen LogP contribution in [0.25, 0.3) is 11.0 Å². The van der Waals surface area contributed by atoms with Gasteiger partial charge in [-0.3, -0.25) is 9.59 Å². The lowest BCUT2D eigenvalue weighted by atomic mass is 10.2. The third-order valence-corrected chi connectivity index (χ3v) is 4.17. The number of ketones is 1. The summed E-state index contributed by atoms with van der Waals surface area (Å²) in [4.78, 5) is 29.0. The normalized spacial score (nSPS) is 11.8. The molecular formula is C16H11F3N2O3S. The highest BCUT2D eigenvalue weighted by molar-refractivity contribution is 7.99. The zero-order valence-corrected chi connectivity index (χ0v) is 13.6. The number of halogens is 3. The number of aromatic amines is 1. The van der Waals surface area contributed by atoms with Gasteiger partial charge in [0.25, 0.3) is 5.56 Å². The molecule has 0 unspecified atom stereocenters. The number of benzene rings is 1. The number of carbonyl (C=O) groups excluding carboxylic acids is 1. The van der Waals surface area contributed by atoms with Gasteiger partial charge in [-0.05, 0) is 25.1 Å². The molecule has 1 N–H and O–H groups in total. The van der Waals surface area contributed by atoms with Gasteiger partial charge >= 0.3 is 6.18 Å². The summed E-state index contributed by atoms with van der Waals surface area (Å²) in [5.41, 5.74) is -0.682. The molecule has 3 aromatic rings. The number of nitrogens with one attached hydrogen (secondary N) is 1. The summed E-state index contributed by atoms with van der Waals surface area (Å²) in [7, 11) is 0. The molecular weight excluding hydrogens is 357 g/mol. The van der Waals surface area contributed by atoms with Crippen LogP contribution in [-0.2, 0) is 6.18 Å². The number of nitrogens with zero attached hydrogens (tertiary/aromatic N) is 1. The van der Waals surface area contributed by atoms with Crippen molar-refractivity contribution in [2.75, 3.05) is 5.75 Å². The van der Waals surface area contributed by atoms with E-state index in [1.165, 1.54) is 0 Å². The van der Waals surface area contributed by atoms with Crippen molar-refractivity contribution in [3.63, 3.8) is 0 Å². The number of aryl methyl sites for hydroxylation is 1. The van der Waals surface area contributed by atoms with Crippen LogP contribution in [0.1, 0.15) is 21.8 Å². The Balaban J connectivity index is 1.77. The maximum atomic E-state index is 12.7. The van der Waals surface area contributed by atoms with Crippen molar-refractivity contribution in [2.24, 2.45) is 0 Å². The van der Waals surface area contributed by atoms with Gasteiger partial charge in [-0.15, -0.1) is 0 Å². The van der Waals surface area contributed by atoms with Crippen LogP contribution in [0.15, 0.2) is 44.7 Å². The predicted molar refractivity (Wildman–Crippen MR) is 85.9 cm³/mol. The van der Waals surface area contributed by atoms with Crippen molar-refractivity contribution in [2.45, 2.75) is 18.3 Å². The topological polar surface area (TPSA) is 76.0 Å². The van der Waals surface area contributed by atoms with E-state index in [9.17, 15) is 22.8 Å². The van der Waals surface area contributed by atoms with Gasteiger partial charge in [0.05, 0.1) is 5.75 Å². The second-order valence-electron chi connectivity index (χ2n) is 5.30. The highest BCUT2D eigenvalue weighted by atomic mass is 32.2. The third-order valence-electron chi connectivity index (χ3n) is 3.30. The predicted octanol–water partition coefficient (Wildman–Crippen LogP) is 3.82. The van der Waals surface area contributed by atoms with E-state index < -0.39 is 23.2 Å². The largest absolute Gasteiger partial charge is 0.453 e. The molecule has 25 heavy (non-hydrogen) atoms. The molecule has 0 atom stereocenters. The quantitative estimate of drug-likeness (QED) is 0.430. The van der Waals surface area contributed by atoms with Crippen LogP contribution in [-0.4, -0.2) is 21.5 Å². The van der Waals surface area contributed by atoms with Gasteiger partial charge in [0.2, 0.25) is 5.78 Å². The summed E-state index contributed by atoms with van der Waals surface area (Å²) >= 11 is 0.705. The number of alkyl halides is 3. The molecule has 0 spiro atoms. The highest BCUT2D eigenvalue weighted by Gasteiger charge is 2.33. The lowest BCUT2D eigenvalue weighted by Crippen LogP contribution is -2.17. The summed E-state index contributed by atoms with van der Waals surface area (Å²) < 4.78 is 43.4. The first-order valence-electron chi connectivity index (χ1n) is 7.07. The molecule has 0 amide bonds. The van der Waals surface area contributed by atoms with Gasteiger partial charge in [0.1, 0.15) is 5.58 Å². The van der Waals surface area contributed by atoms with Crippen LogP contribution >= 0.6 is 11.8 Å².